The number of carboxylic acids is 1. The summed E-state index contributed by atoms with van der Waals surface area (Å²) in [7, 11) is 0. The largest absolute Gasteiger partial charge is 0.478 e. The maximum Gasteiger partial charge on any atom is 0.339 e. The second kappa shape index (κ2) is 6.35. The van der Waals surface area contributed by atoms with Gasteiger partial charge in [-0.1, -0.05) is 26.0 Å². The molecule has 1 aromatic heterocycles. The molecule has 0 fully saturated rings. The van der Waals surface area contributed by atoms with Crippen LogP contribution in [-0.4, -0.2) is 21.0 Å². The lowest BCUT2D eigenvalue weighted by atomic mass is 9.99. The number of carboxylic acid groups (broad SMARTS) is 1. The van der Waals surface area contributed by atoms with E-state index in [0.29, 0.717) is 17.4 Å². The Morgan fingerprint density at radius 2 is 2.00 bits per heavy atom. The zero-order valence-electron chi connectivity index (χ0n) is 12.3. The van der Waals surface area contributed by atoms with Crippen LogP contribution in [0.2, 0.25) is 0 Å². The number of carbonyl (C=O) groups is 1. The van der Waals surface area contributed by atoms with E-state index in [-0.39, 0.29) is 11.6 Å². The lowest BCUT2D eigenvalue weighted by molar-refractivity contribution is 0.0695. The van der Waals surface area contributed by atoms with Gasteiger partial charge in [-0.3, -0.25) is 0 Å². The van der Waals surface area contributed by atoms with E-state index in [0.717, 1.165) is 6.42 Å². The monoisotopic (exact) mass is 286 g/mol. The van der Waals surface area contributed by atoms with Crippen LogP contribution >= 0.6 is 0 Å². The van der Waals surface area contributed by atoms with Gasteiger partial charge in [0.1, 0.15) is 5.75 Å². The SMILES string of the molecule is CCC(C)c1ccc(Oc2ncc(C(=O)O)c(C)n2)cc1. The van der Waals surface area contributed by atoms with Crippen LogP contribution < -0.4 is 4.74 Å². The first-order chi connectivity index (χ1) is 10.0. The van der Waals surface area contributed by atoms with E-state index in [1.807, 2.05) is 24.3 Å². The normalized spacial score (nSPS) is 12.0. The number of rotatable bonds is 5. The van der Waals surface area contributed by atoms with Gasteiger partial charge in [-0.05, 0) is 37.0 Å². The Hall–Kier alpha value is -2.43. The Labute approximate surface area is 123 Å². The molecule has 21 heavy (non-hydrogen) atoms. The third-order valence-corrected chi connectivity index (χ3v) is 3.46. The second-order valence-electron chi connectivity index (χ2n) is 4.94. The summed E-state index contributed by atoms with van der Waals surface area (Å²) in [5.74, 6) is 0.0916. The molecule has 5 heteroatoms. The molecule has 0 saturated carbocycles. The Kier molecular flexibility index (Phi) is 4.52. The predicted octanol–water partition coefficient (Wildman–Crippen LogP) is 3.79. The highest BCUT2D eigenvalue weighted by Gasteiger charge is 2.11. The second-order valence-corrected chi connectivity index (χ2v) is 4.94. The van der Waals surface area contributed by atoms with Gasteiger partial charge in [-0.2, -0.15) is 4.98 Å². The number of hydrogen-bond donors (Lipinski definition) is 1. The molecule has 2 aromatic rings. The molecule has 1 unspecified atom stereocenters. The van der Waals surface area contributed by atoms with Gasteiger partial charge in [0.2, 0.25) is 0 Å². The Morgan fingerprint density at radius 1 is 1.33 bits per heavy atom. The Bertz CT molecular complexity index is 638. The quantitative estimate of drug-likeness (QED) is 0.905. The van der Waals surface area contributed by atoms with Crippen molar-refractivity contribution in [2.24, 2.45) is 0 Å². The number of hydrogen-bond acceptors (Lipinski definition) is 4. The summed E-state index contributed by atoms with van der Waals surface area (Å²) in [6.07, 6.45) is 2.34. The fourth-order valence-electron chi connectivity index (χ4n) is 1.91. The minimum atomic E-state index is -1.04. The van der Waals surface area contributed by atoms with E-state index < -0.39 is 5.97 Å². The van der Waals surface area contributed by atoms with Gasteiger partial charge in [0, 0.05) is 6.20 Å². The van der Waals surface area contributed by atoms with Crippen molar-refractivity contribution in [1.29, 1.82) is 0 Å². The molecule has 0 amide bonds. The molecule has 5 nitrogen and oxygen atoms in total. The van der Waals surface area contributed by atoms with Crippen molar-refractivity contribution in [3.05, 3.63) is 47.3 Å². The number of benzene rings is 1. The number of ether oxygens (including phenoxy) is 1. The van der Waals surface area contributed by atoms with Crippen LogP contribution in [0.5, 0.6) is 11.8 Å². The molecule has 1 atom stereocenters. The molecule has 0 spiro atoms. The highest BCUT2D eigenvalue weighted by Crippen LogP contribution is 2.24. The van der Waals surface area contributed by atoms with Crippen LogP contribution in [0.3, 0.4) is 0 Å². The fraction of sp³-hybridized carbons (Fsp3) is 0.312. The van der Waals surface area contributed by atoms with Crippen LogP contribution in [0, 0.1) is 6.92 Å². The van der Waals surface area contributed by atoms with E-state index >= 15 is 0 Å². The molecule has 0 aliphatic heterocycles. The molecule has 0 radical (unpaired) electrons. The number of aromatic nitrogens is 2. The third kappa shape index (κ3) is 3.56. The summed E-state index contributed by atoms with van der Waals surface area (Å²) in [4.78, 5) is 18.9. The molecule has 0 bridgehead atoms. The van der Waals surface area contributed by atoms with Gasteiger partial charge < -0.3 is 9.84 Å². The van der Waals surface area contributed by atoms with Crippen molar-refractivity contribution < 1.29 is 14.6 Å². The van der Waals surface area contributed by atoms with Crippen LogP contribution in [0.15, 0.2) is 30.5 Å². The van der Waals surface area contributed by atoms with Crippen LogP contribution in [0.1, 0.15) is 47.8 Å². The summed E-state index contributed by atoms with van der Waals surface area (Å²) < 4.78 is 5.55. The number of aryl methyl sites for hydroxylation is 1. The highest BCUT2D eigenvalue weighted by molar-refractivity contribution is 5.88. The van der Waals surface area contributed by atoms with Crippen molar-refractivity contribution in [1.82, 2.24) is 9.97 Å². The fourth-order valence-corrected chi connectivity index (χ4v) is 1.91. The van der Waals surface area contributed by atoms with Crippen molar-refractivity contribution in [2.45, 2.75) is 33.1 Å². The Balaban J connectivity index is 2.15. The molecule has 0 saturated heterocycles. The molecule has 1 heterocycles. The van der Waals surface area contributed by atoms with Gasteiger partial charge in [-0.25, -0.2) is 9.78 Å². The van der Waals surface area contributed by atoms with Gasteiger partial charge in [0.05, 0.1) is 11.3 Å². The molecule has 1 aromatic carbocycles. The third-order valence-electron chi connectivity index (χ3n) is 3.46. The average molecular weight is 286 g/mol. The summed E-state index contributed by atoms with van der Waals surface area (Å²) >= 11 is 0. The number of aromatic carboxylic acids is 1. The van der Waals surface area contributed by atoms with Gasteiger partial charge >= 0.3 is 12.0 Å². The van der Waals surface area contributed by atoms with Crippen LogP contribution in [0.25, 0.3) is 0 Å². The van der Waals surface area contributed by atoms with Crippen molar-refractivity contribution in [2.75, 3.05) is 0 Å². The first-order valence-corrected chi connectivity index (χ1v) is 6.86. The van der Waals surface area contributed by atoms with Gasteiger partial charge in [0.15, 0.2) is 0 Å². The minimum Gasteiger partial charge on any atom is -0.478 e. The maximum absolute atomic E-state index is 10.9. The number of nitrogens with zero attached hydrogens (tertiary/aromatic N) is 2. The maximum atomic E-state index is 10.9. The molecule has 0 aliphatic carbocycles. The van der Waals surface area contributed by atoms with E-state index in [1.54, 1.807) is 6.92 Å². The smallest absolute Gasteiger partial charge is 0.339 e. The van der Waals surface area contributed by atoms with E-state index in [1.165, 1.54) is 11.8 Å². The van der Waals surface area contributed by atoms with Crippen molar-refractivity contribution in [3.63, 3.8) is 0 Å². The van der Waals surface area contributed by atoms with Crippen molar-refractivity contribution in [3.8, 4) is 11.8 Å². The molecular weight excluding hydrogens is 268 g/mol. The lowest BCUT2D eigenvalue weighted by Crippen LogP contribution is -2.04. The zero-order valence-corrected chi connectivity index (χ0v) is 12.3. The molecule has 2 rings (SSSR count). The van der Waals surface area contributed by atoms with Crippen LogP contribution in [-0.2, 0) is 0 Å². The molecule has 0 aliphatic rings. The molecule has 110 valence electrons. The summed E-state index contributed by atoms with van der Waals surface area (Å²) in [5, 5.41) is 8.93. The van der Waals surface area contributed by atoms with Gasteiger partial charge in [0.25, 0.3) is 0 Å². The van der Waals surface area contributed by atoms with Gasteiger partial charge in [-0.15, -0.1) is 0 Å². The van der Waals surface area contributed by atoms with Crippen LogP contribution in [0.4, 0.5) is 0 Å². The topological polar surface area (TPSA) is 72.3 Å². The van der Waals surface area contributed by atoms with E-state index in [2.05, 4.69) is 23.8 Å². The highest BCUT2D eigenvalue weighted by atomic mass is 16.5. The first kappa shape index (κ1) is 15.0. The summed E-state index contributed by atoms with van der Waals surface area (Å²) in [6.45, 7) is 5.94. The van der Waals surface area contributed by atoms with E-state index in [9.17, 15) is 4.79 Å². The average Bonchev–Trinajstić information content (AvgIpc) is 2.47. The van der Waals surface area contributed by atoms with E-state index in [4.69, 9.17) is 9.84 Å². The first-order valence-electron chi connectivity index (χ1n) is 6.86. The molecule has 1 N–H and O–H groups in total. The predicted molar refractivity (Wildman–Crippen MR) is 79.0 cm³/mol. The summed E-state index contributed by atoms with van der Waals surface area (Å²) in [5.41, 5.74) is 1.71. The standard InChI is InChI=1S/C16H18N2O3/c1-4-10(2)12-5-7-13(8-6-12)21-16-17-9-14(15(19)20)11(3)18-16/h5-10H,4H2,1-3H3,(H,19,20). The Morgan fingerprint density at radius 3 is 2.52 bits per heavy atom. The minimum absolute atomic E-state index is 0.0782. The molecular formula is C16H18N2O3. The zero-order chi connectivity index (χ0) is 15.4. The summed E-state index contributed by atoms with van der Waals surface area (Å²) in [6, 6.07) is 7.91. The lowest BCUT2D eigenvalue weighted by Gasteiger charge is -2.10. The van der Waals surface area contributed by atoms with Crippen molar-refractivity contribution >= 4 is 5.97 Å².